The quantitative estimate of drug-likeness (QED) is 0.0784. The number of nitrogens with zero attached hydrogens (tertiary/aromatic N) is 5. The van der Waals surface area contributed by atoms with Crippen LogP contribution in [-0.4, -0.2) is 158 Å². The number of imidazole rings is 1. The summed E-state index contributed by atoms with van der Waals surface area (Å²) in [5, 5.41) is 15.6. The van der Waals surface area contributed by atoms with E-state index in [-0.39, 0.29) is 55.2 Å². The monoisotopic (exact) mass is 944 g/mol. The van der Waals surface area contributed by atoms with Crippen LogP contribution in [0.1, 0.15) is 100 Å². The second kappa shape index (κ2) is 24.9. The zero-order chi connectivity index (χ0) is 48.0. The fraction of sp³-hybridized carbons (Fsp3) is 0.673. The number of piperazine rings is 1. The van der Waals surface area contributed by atoms with Gasteiger partial charge in [0.15, 0.2) is 0 Å². The number of alkyl halides is 3. The average Bonchev–Trinajstić information content (AvgIpc) is 3.80. The Hall–Kier alpha value is -4.17. The lowest BCUT2D eigenvalue weighted by atomic mass is 9.85. The predicted molar refractivity (Wildman–Crippen MR) is 249 cm³/mol. The van der Waals surface area contributed by atoms with Crippen molar-refractivity contribution in [3.63, 3.8) is 0 Å². The Bertz CT molecular complexity index is 2050. The number of aromatic nitrogens is 2. The van der Waals surface area contributed by atoms with Crippen molar-refractivity contribution in [2.75, 3.05) is 104 Å². The molecule has 0 spiro atoms. The molecule has 3 aromatic rings. The van der Waals surface area contributed by atoms with Crippen molar-refractivity contribution in [1.82, 2.24) is 29.6 Å². The lowest BCUT2D eigenvalue weighted by Crippen LogP contribution is -2.56. The van der Waals surface area contributed by atoms with Crippen molar-refractivity contribution in [2.45, 2.75) is 103 Å². The van der Waals surface area contributed by atoms with Crippen molar-refractivity contribution in [1.29, 1.82) is 0 Å². The van der Waals surface area contributed by atoms with E-state index in [0.717, 1.165) is 114 Å². The van der Waals surface area contributed by atoms with Gasteiger partial charge in [0, 0.05) is 70.1 Å². The number of rotatable bonds is 22. The molecule has 2 saturated heterocycles. The number of anilines is 1. The number of aliphatic hydroxyl groups is 1. The van der Waals surface area contributed by atoms with Crippen LogP contribution in [0.4, 0.5) is 19.1 Å². The highest BCUT2D eigenvalue weighted by atomic mass is 19.4. The van der Waals surface area contributed by atoms with Crippen molar-refractivity contribution >= 4 is 34.7 Å². The van der Waals surface area contributed by atoms with E-state index in [9.17, 15) is 32.7 Å². The fourth-order valence-corrected chi connectivity index (χ4v) is 9.24. The van der Waals surface area contributed by atoms with Gasteiger partial charge < -0.3 is 38.8 Å². The summed E-state index contributed by atoms with van der Waals surface area (Å²) in [6, 6.07) is 10.1. The van der Waals surface area contributed by atoms with Crippen molar-refractivity contribution in [3.8, 4) is 0 Å². The average molecular weight is 944 g/mol. The van der Waals surface area contributed by atoms with Gasteiger partial charge in [-0.2, -0.15) is 13.2 Å². The summed E-state index contributed by atoms with van der Waals surface area (Å²) in [6.07, 6.45) is 1.66. The molecule has 3 aliphatic rings. The molecule has 3 fully saturated rings. The third kappa shape index (κ3) is 15.4. The van der Waals surface area contributed by atoms with Crippen LogP contribution in [0.5, 0.6) is 0 Å². The molecular formula is C49H72F3N7O8. The Morgan fingerprint density at radius 1 is 0.806 bits per heavy atom. The standard InChI is InChI=1S/C49H72F3N7O8/c1-35-8-7-17-58(35)46(63)44(48(2,3)4)54-43(61)34-67-29-28-66-27-26-65-25-24-64-23-22-56-18-20-57(21-19-56)32-37-14-16-42-41(30-37)53-47(59(42)40-12-5-9-36(33-60)13-15-40)55-45(62)38-10-6-11-39(31-38)49(50,51)52/h6,10-11,14,16,30-31,35-36,40,44,60H,5,7-9,12-13,15,17-29,32-34H2,1-4H3,(H,54,61)(H,53,55,62)/t35-,36-,40+,44-/m1/s1. The number of hydrogen-bond donors (Lipinski definition) is 3. The zero-order valence-electron chi connectivity index (χ0n) is 39.8. The van der Waals surface area contributed by atoms with Crippen LogP contribution in [0.2, 0.25) is 0 Å². The molecule has 0 bridgehead atoms. The number of benzene rings is 2. The van der Waals surface area contributed by atoms with E-state index in [4.69, 9.17) is 23.9 Å². The first-order valence-corrected chi connectivity index (χ1v) is 24.1. The zero-order valence-corrected chi connectivity index (χ0v) is 39.8. The molecule has 15 nitrogen and oxygen atoms in total. The number of carbonyl (C=O) groups is 3. The Morgan fingerprint density at radius 3 is 2.15 bits per heavy atom. The molecular weight excluding hydrogens is 872 g/mol. The molecule has 1 aliphatic carbocycles. The molecule has 3 N–H and O–H groups in total. The van der Waals surface area contributed by atoms with Gasteiger partial charge in [-0.25, -0.2) is 4.98 Å². The third-order valence-electron chi connectivity index (χ3n) is 13.1. The van der Waals surface area contributed by atoms with Crippen molar-refractivity contribution in [3.05, 3.63) is 59.2 Å². The molecule has 67 heavy (non-hydrogen) atoms. The van der Waals surface area contributed by atoms with E-state index in [1.165, 1.54) is 12.1 Å². The van der Waals surface area contributed by atoms with Gasteiger partial charge in [0.25, 0.3) is 5.91 Å². The van der Waals surface area contributed by atoms with Crippen LogP contribution >= 0.6 is 0 Å². The molecule has 1 aromatic heterocycles. The van der Waals surface area contributed by atoms with Crippen LogP contribution in [0, 0.1) is 11.3 Å². The summed E-state index contributed by atoms with van der Waals surface area (Å²) in [7, 11) is 0. The topological polar surface area (TPSA) is 160 Å². The first-order valence-electron chi connectivity index (χ1n) is 24.1. The van der Waals surface area contributed by atoms with E-state index in [1.807, 2.05) is 49.3 Å². The predicted octanol–water partition coefficient (Wildman–Crippen LogP) is 6.15. The van der Waals surface area contributed by atoms with Gasteiger partial charge in [-0.3, -0.25) is 29.5 Å². The Balaban J connectivity index is 0.855. The second-order valence-corrected chi connectivity index (χ2v) is 19.3. The Labute approximate surface area is 393 Å². The minimum absolute atomic E-state index is 0.0108. The normalized spacial score (nSPS) is 20.5. The summed E-state index contributed by atoms with van der Waals surface area (Å²) < 4.78 is 64.9. The van der Waals surface area contributed by atoms with Crippen LogP contribution in [-0.2, 0) is 41.3 Å². The molecule has 2 aromatic carbocycles. The van der Waals surface area contributed by atoms with Crippen LogP contribution in [0.3, 0.4) is 0 Å². The number of aliphatic hydroxyl groups excluding tert-OH is 1. The Kier molecular flexibility index (Phi) is 19.4. The molecule has 0 radical (unpaired) electrons. The van der Waals surface area contributed by atoms with Crippen LogP contribution < -0.4 is 10.6 Å². The summed E-state index contributed by atoms with van der Waals surface area (Å²) in [4.78, 5) is 50.7. The highest BCUT2D eigenvalue weighted by molar-refractivity contribution is 6.04. The number of fused-ring (bicyclic) bond motifs is 1. The maximum absolute atomic E-state index is 13.5. The summed E-state index contributed by atoms with van der Waals surface area (Å²) in [5.41, 5.74) is 1.24. The van der Waals surface area contributed by atoms with E-state index in [2.05, 4.69) is 26.5 Å². The van der Waals surface area contributed by atoms with Crippen LogP contribution in [0.25, 0.3) is 11.0 Å². The number of ether oxygens (including phenoxy) is 4. The Morgan fingerprint density at radius 2 is 1.49 bits per heavy atom. The number of carbonyl (C=O) groups excluding carboxylic acids is 3. The summed E-state index contributed by atoms with van der Waals surface area (Å²) >= 11 is 0. The van der Waals surface area contributed by atoms with E-state index in [0.29, 0.717) is 51.1 Å². The molecule has 2 aliphatic heterocycles. The summed E-state index contributed by atoms with van der Waals surface area (Å²) in [5.74, 6) is -0.494. The second-order valence-electron chi connectivity index (χ2n) is 19.3. The molecule has 4 atom stereocenters. The van der Waals surface area contributed by atoms with Crippen LogP contribution in [0.15, 0.2) is 42.5 Å². The van der Waals surface area contributed by atoms with Gasteiger partial charge in [0.05, 0.1) is 62.8 Å². The lowest BCUT2D eigenvalue weighted by molar-refractivity contribution is -0.141. The number of halogens is 3. The summed E-state index contributed by atoms with van der Waals surface area (Å²) in [6.45, 7) is 16.6. The highest BCUT2D eigenvalue weighted by Gasteiger charge is 2.38. The molecule has 3 amide bonds. The molecule has 372 valence electrons. The van der Waals surface area contributed by atoms with Gasteiger partial charge >= 0.3 is 6.18 Å². The minimum atomic E-state index is -4.57. The largest absolute Gasteiger partial charge is 0.416 e. The van der Waals surface area contributed by atoms with Gasteiger partial charge in [-0.15, -0.1) is 0 Å². The van der Waals surface area contributed by atoms with Crippen molar-refractivity contribution < 1.29 is 51.6 Å². The SMILES string of the molecule is C[C@@H]1CCCN1C(=O)[C@@H](NC(=O)COCCOCCOCCOCCN1CCN(Cc2ccc3c(c2)nc(NC(=O)c2cccc(C(F)(F)F)c2)n3[C@H]2CCC[C@@H](CO)CC2)CC1)C(C)(C)C. The van der Waals surface area contributed by atoms with Gasteiger partial charge in [0.2, 0.25) is 17.8 Å². The van der Waals surface area contributed by atoms with Gasteiger partial charge in [0.1, 0.15) is 12.6 Å². The highest BCUT2D eigenvalue weighted by Crippen LogP contribution is 2.36. The maximum atomic E-state index is 13.5. The van der Waals surface area contributed by atoms with Gasteiger partial charge in [-0.1, -0.05) is 39.3 Å². The first kappa shape index (κ1) is 52.2. The minimum Gasteiger partial charge on any atom is -0.396 e. The smallest absolute Gasteiger partial charge is 0.396 e. The first-order chi connectivity index (χ1) is 32.1. The number of amides is 3. The third-order valence-corrected chi connectivity index (χ3v) is 13.1. The van der Waals surface area contributed by atoms with Gasteiger partial charge in [-0.05, 0) is 92.7 Å². The maximum Gasteiger partial charge on any atom is 0.416 e. The molecule has 3 heterocycles. The molecule has 0 unspecified atom stereocenters. The number of likely N-dealkylation sites (tertiary alicyclic amines) is 1. The molecule has 1 saturated carbocycles. The van der Waals surface area contributed by atoms with E-state index < -0.39 is 29.1 Å². The number of hydrogen-bond acceptors (Lipinski definition) is 11. The van der Waals surface area contributed by atoms with E-state index >= 15 is 0 Å². The fourth-order valence-electron chi connectivity index (χ4n) is 9.24. The number of nitrogens with one attached hydrogen (secondary N) is 2. The van der Waals surface area contributed by atoms with Crippen molar-refractivity contribution in [2.24, 2.45) is 11.3 Å². The lowest BCUT2D eigenvalue weighted by Gasteiger charge is -2.35. The van der Waals surface area contributed by atoms with E-state index in [1.54, 1.807) is 0 Å². The molecule has 18 heteroatoms. The molecule has 6 rings (SSSR count).